The van der Waals surface area contributed by atoms with E-state index < -0.39 is 11.8 Å². The van der Waals surface area contributed by atoms with Crippen molar-refractivity contribution < 1.29 is 18.7 Å². The summed E-state index contributed by atoms with van der Waals surface area (Å²) >= 11 is 7.26. The average Bonchev–Trinajstić information content (AvgIpc) is 3.29. The van der Waals surface area contributed by atoms with E-state index in [1.54, 1.807) is 35.7 Å². The summed E-state index contributed by atoms with van der Waals surface area (Å²) in [6, 6.07) is 12.5. The fraction of sp³-hybridized carbons (Fsp3) is 0.0476. The summed E-state index contributed by atoms with van der Waals surface area (Å²) in [6.45, 7) is 1.42. The monoisotopic (exact) mass is 441 g/mol. The molecule has 1 amide bonds. The van der Waals surface area contributed by atoms with Gasteiger partial charge in [0, 0.05) is 22.9 Å². The van der Waals surface area contributed by atoms with Crippen molar-refractivity contribution in [3.05, 3.63) is 81.7 Å². The molecular weight excluding hydrogens is 429 g/mol. The first-order valence-corrected chi connectivity index (χ1v) is 9.97. The number of anilines is 2. The van der Waals surface area contributed by atoms with Crippen molar-refractivity contribution in [3.8, 4) is 0 Å². The van der Waals surface area contributed by atoms with Crippen LogP contribution in [0.4, 0.5) is 15.2 Å². The van der Waals surface area contributed by atoms with Crippen molar-refractivity contribution >= 4 is 57.6 Å². The number of rotatable bonds is 4. The first-order valence-electron chi connectivity index (χ1n) is 8.71. The number of benzene rings is 2. The molecule has 30 heavy (non-hydrogen) atoms. The number of thiazole rings is 1. The maximum atomic E-state index is 13.4. The minimum Gasteiger partial charge on any atom is -0.402 e. The van der Waals surface area contributed by atoms with Crippen LogP contribution >= 0.6 is 22.9 Å². The highest BCUT2D eigenvalue weighted by molar-refractivity contribution is 7.14. The summed E-state index contributed by atoms with van der Waals surface area (Å²) in [5.41, 5.74) is 1.40. The smallest absolute Gasteiger partial charge is 0.363 e. The van der Waals surface area contributed by atoms with Gasteiger partial charge in [0.05, 0.1) is 11.4 Å². The number of carbonyl (C=O) groups excluding carboxylic acids is 2. The number of aromatic nitrogens is 1. The highest BCUT2D eigenvalue weighted by Gasteiger charge is 2.25. The lowest BCUT2D eigenvalue weighted by Gasteiger charge is -2.18. The summed E-state index contributed by atoms with van der Waals surface area (Å²) < 4.78 is 18.5. The van der Waals surface area contributed by atoms with Gasteiger partial charge in [0.1, 0.15) is 5.82 Å². The zero-order valence-corrected chi connectivity index (χ0v) is 17.1. The minimum absolute atomic E-state index is 0.0190. The Bertz CT molecular complexity index is 1220. The van der Waals surface area contributed by atoms with Crippen molar-refractivity contribution in [2.24, 2.45) is 4.99 Å². The molecule has 2 aromatic carbocycles. The maximum Gasteiger partial charge on any atom is 0.363 e. The second kappa shape index (κ2) is 8.17. The highest BCUT2D eigenvalue weighted by atomic mass is 35.5. The molecular formula is C21H13ClFN3O3S. The molecule has 0 N–H and O–H groups in total. The van der Waals surface area contributed by atoms with E-state index in [1.807, 2.05) is 0 Å². The van der Waals surface area contributed by atoms with Crippen molar-refractivity contribution in [2.45, 2.75) is 6.92 Å². The Morgan fingerprint density at radius 1 is 1.23 bits per heavy atom. The van der Waals surface area contributed by atoms with E-state index in [2.05, 4.69) is 9.98 Å². The Balaban J connectivity index is 1.64. The molecule has 6 nitrogen and oxygen atoms in total. The molecule has 1 aromatic heterocycles. The average molecular weight is 442 g/mol. The predicted molar refractivity (Wildman–Crippen MR) is 113 cm³/mol. The van der Waals surface area contributed by atoms with E-state index in [0.29, 0.717) is 27.1 Å². The van der Waals surface area contributed by atoms with Crippen molar-refractivity contribution in [3.63, 3.8) is 0 Å². The van der Waals surface area contributed by atoms with Crippen LogP contribution < -0.4 is 4.90 Å². The number of halogens is 2. The molecule has 0 bridgehead atoms. The summed E-state index contributed by atoms with van der Waals surface area (Å²) in [4.78, 5) is 34.3. The van der Waals surface area contributed by atoms with Crippen molar-refractivity contribution in [1.82, 2.24) is 4.98 Å². The topological polar surface area (TPSA) is 71.9 Å². The standard InChI is InChI=1S/C21H13ClFN3O3S/c1-12(27)26(17-7-3-5-14(22)9-17)21-24-16(11-30-21)10-18-20(28)29-19(25-18)13-4-2-6-15(23)8-13/h2-11H,1H3/b18-10+. The maximum absolute atomic E-state index is 13.4. The molecule has 3 aromatic rings. The van der Waals surface area contributed by atoms with Crippen molar-refractivity contribution in [1.29, 1.82) is 0 Å². The van der Waals surface area contributed by atoms with Crippen LogP contribution in [0.2, 0.25) is 5.02 Å². The van der Waals surface area contributed by atoms with E-state index in [-0.39, 0.29) is 17.5 Å². The first kappa shape index (κ1) is 19.9. The molecule has 1 aliphatic rings. The van der Waals surface area contributed by atoms with Crippen LogP contribution in [0.1, 0.15) is 18.2 Å². The zero-order chi connectivity index (χ0) is 21.3. The molecule has 2 heterocycles. The fourth-order valence-electron chi connectivity index (χ4n) is 2.78. The fourth-order valence-corrected chi connectivity index (χ4v) is 3.81. The zero-order valence-electron chi connectivity index (χ0n) is 15.5. The van der Waals surface area contributed by atoms with Gasteiger partial charge in [-0.1, -0.05) is 23.7 Å². The van der Waals surface area contributed by atoms with Gasteiger partial charge in [-0.15, -0.1) is 11.3 Å². The van der Waals surface area contributed by atoms with Gasteiger partial charge >= 0.3 is 5.97 Å². The Hall–Kier alpha value is -3.36. The number of hydrogen-bond donors (Lipinski definition) is 0. The third-order valence-electron chi connectivity index (χ3n) is 4.06. The number of cyclic esters (lactones) is 1. The number of ether oxygens (including phenoxy) is 1. The van der Waals surface area contributed by atoms with Gasteiger partial charge in [-0.25, -0.2) is 19.2 Å². The quantitative estimate of drug-likeness (QED) is 0.423. The number of aliphatic imine (C=N–C) groups is 1. The van der Waals surface area contributed by atoms with Gasteiger partial charge in [-0.2, -0.15) is 0 Å². The molecule has 150 valence electrons. The third-order valence-corrected chi connectivity index (χ3v) is 5.14. The van der Waals surface area contributed by atoms with E-state index in [9.17, 15) is 14.0 Å². The van der Waals surface area contributed by atoms with Gasteiger partial charge in [-0.3, -0.25) is 9.69 Å². The van der Waals surface area contributed by atoms with Crippen LogP contribution in [0, 0.1) is 5.82 Å². The van der Waals surface area contributed by atoms with E-state index in [0.717, 1.165) is 0 Å². The van der Waals surface area contributed by atoms with Gasteiger partial charge in [0.15, 0.2) is 10.8 Å². The van der Waals surface area contributed by atoms with Crippen LogP contribution in [-0.4, -0.2) is 22.8 Å². The molecule has 0 unspecified atom stereocenters. The molecule has 4 rings (SSSR count). The second-order valence-corrected chi connectivity index (χ2v) is 7.51. The number of carbonyl (C=O) groups is 2. The molecule has 9 heteroatoms. The number of esters is 1. The number of nitrogens with zero attached hydrogens (tertiary/aromatic N) is 3. The van der Waals surface area contributed by atoms with Crippen LogP contribution in [0.5, 0.6) is 0 Å². The lowest BCUT2D eigenvalue weighted by molar-refractivity contribution is -0.130. The van der Waals surface area contributed by atoms with Gasteiger partial charge in [0.2, 0.25) is 11.8 Å². The molecule has 0 atom stereocenters. The Morgan fingerprint density at radius 3 is 2.77 bits per heavy atom. The van der Waals surface area contributed by atoms with E-state index >= 15 is 0 Å². The lowest BCUT2D eigenvalue weighted by Crippen LogP contribution is -2.22. The molecule has 0 aliphatic carbocycles. The van der Waals surface area contributed by atoms with Crippen LogP contribution in [0.15, 0.2) is 64.6 Å². The highest BCUT2D eigenvalue weighted by Crippen LogP contribution is 2.31. The predicted octanol–water partition coefficient (Wildman–Crippen LogP) is 4.96. The molecule has 0 saturated heterocycles. The number of hydrogen-bond acceptors (Lipinski definition) is 6. The number of amides is 1. The van der Waals surface area contributed by atoms with Gasteiger partial charge in [0.25, 0.3) is 0 Å². The molecule has 0 radical (unpaired) electrons. The molecule has 0 spiro atoms. The third kappa shape index (κ3) is 4.14. The molecule has 0 saturated carbocycles. The Labute approximate surface area is 179 Å². The summed E-state index contributed by atoms with van der Waals surface area (Å²) in [7, 11) is 0. The lowest BCUT2D eigenvalue weighted by atomic mass is 10.2. The normalized spacial score (nSPS) is 14.6. The van der Waals surface area contributed by atoms with Crippen LogP contribution in [0.25, 0.3) is 6.08 Å². The van der Waals surface area contributed by atoms with Crippen LogP contribution in [-0.2, 0) is 14.3 Å². The minimum atomic E-state index is -0.665. The van der Waals surface area contributed by atoms with E-state index in [4.69, 9.17) is 16.3 Å². The SMILES string of the molecule is CC(=O)N(c1cccc(Cl)c1)c1nc(/C=C2/N=C(c3cccc(F)c3)OC2=O)cs1. The van der Waals surface area contributed by atoms with Crippen LogP contribution in [0.3, 0.4) is 0 Å². The Morgan fingerprint density at radius 2 is 2.03 bits per heavy atom. The van der Waals surface area contributed by atoms with Gasteiger partial charge < -0.3 is 4.74 Å². The van der Waals surface area contributed by atoms with E-state index in [1.165, 1.54) is 47.4 Å². The summed E-state index contributed by atoms with van der Waals surface area (Å²) in [5, 5.41) is 2.59. The summed E-state index contributed by atoms with van der Waals surface area (Å²) in [6.07, 6.45) is 1.45. The Kier molecular flexibility index (Phi) is 5.43. The van der Waals surface area contributed by atoms with Crippen molar-refractivity contribution in [2.75, 3.05) is 4.90 Å². The first-order chi connectivity index (χ1) is 14.4. The summed E-state index contributed by atoms with van der Waals surface area (Å²) in [5.74, 6) is -1.34. The molecule has 1 aliphatic heterocycles. The van der Waals surface area contributed by atoms with Gasteiger partial charge in [-0.05, 0) is 42.5 Å². The largest absolute Gasteiger partial charge is 0.402 e. The second-order valence-electron chi connectivity index (χ2n) is 6.24. The molecule has 0 fully saturated rings.